The van der Waals surface area contributed by atoms with Gasteiger partial charge in [0.05, 0.1) is 11.7 Å². The van der Waals surface area contributed by atoms with E-state index in [2.05, 4.69) is 10.1 Å². The lowest BCUT2D eigenvalue weighted by molar-refractivity contribution is -0.133. The standard InChI is InChI=1S/C22H20N4O4/c1-29-26-12-13-2-7-16-18(10-13)25-9-8-19(16)30-15-5-3-14(4-6-15)17-11-22(17,20(23)27)21(24)28/h2-10,12,17H,11H2,1H3,(H2,23,27)(H2,24,28)/b26-12+. The molecule has 0 saturated heterocycles. The van der Waals surface area contributed by atoms with Gasteiger partial charge in [-0.05, 0) is 47.9 Å². The van der Waals surface area contributed by atoms with Crippen LogP contribution in [-0.2, 0) is 14.4 Å². The van der Waals surface area contributed by atoms with Crippen molar-refractivity contribution in [3.8, 4) is 11.5 Å². The molecule has 2 amide bonds. The molecule has 1 unspecified atom stereocenters. The van der Waals surface area contributed by atoms with E-state index < -0.39 is 17.2 Å². The molecule has 1 fully saturated rings. The van der Waals surface area contributed by atoms with Gasteiger partial charge in [-0.25, -0.2) is 0 Å². The van der Waals surface area contributed by atoms with Gasteiger partial charge in [-0.2, -0.15) is 0 Å². The fourth-order valence-electron chi connectivity index (χ4n) is 3.65. The maximum atomic E-state index is 11.7. The average molecular weight is 404 g/mol. The molecule has 4 rings (SSSR count). The summed E-state index contributed by atoms with van der Waals surface area (Å²) in [5.41, 5.74) is 11.9. The van der Waals surface area contributed by atoms with E-state index in [0.29, 0.717) is 17.9 Å². The predicted molar refractivity (Wildman–Crippen MR) is 111 cm³/mol. The summed E-state index contributed by atoms with van der Waals surface area (Å²) in [4.78, 5) is 32.5. The maximum Gasteiger partial charge on any atom is 0.233 e. The number of carbonyl (C=O) groups excluding carboxylic acids is 2. The summed E-state index contributed by atoms with van der Waals surface area (Å²) >= 11 is 0. The Morgan fingerprint density at radius 2 is 1.87 bits per heavy atom. The third-order valence-corrected chi connectivity index (χ3v) is 5.38. The summed E-state index contributed by atoms with van der Waals surface area (Å²) in [7, 11) is 1.48. The number of oxime groups is 1. The highest BCUT2D eigenvalue weighted by Gasteiger charge is 2.64. The smallest absolute Gasteiger partial charge is 0.233 e. The van der Waals surface area contributed by atoms with Crippen molar-refractivity contribution in [3.63, 3.8) is 0 Å². The minimum absolute atomic E-state index is 0.296. The monoisotopic (exact) mass is 404 g/mol. The SMILES string of the molecule is CO/N=C/c1ccc2c(Oc3ccc(C4CC4(C(N)=O)C(N)=O)cc3)ccnc2c1. The largest absolute Gasteiger partial charge is 0.457 e. The van der Waals surface area contributed by atoms with Crippen LogP contribution in [0.25, 0.3) is 10.9 Å². The number of nitrogens with two attached hydrogens (primary N) is 2. The lowest BCUT2D eigenvalue weighted by atomic mass is 9.97. The minimum Gasteiger partial charge on any atom is -0.457 e. The van der Waals surface area contributed by atoms with E-state index >= 15 is 0 Å². The molecule has 8 heteroatoms. The fraction of sp³-hybridized carbons (Fsp3) is 0.182. The second-order valence-electron chi connectivity index (χ2n) is 7.13. The Morgan fingerprint density at radius 3 is 2.50 bits per heavy atom. The normalized spacial score (nSPS) is 17.0. The van der Waals surface area contributed by atoms with Crippen LogP contribution in [0.5, 0.6) is 11.5 Å². The number of ether oxygens (including phenoxy) is 1. The van der Waals surface area contributed by atoms with Crippen LogP contribution >= 0.6 is 0 Å². The molecule has 1 atom stereocenters. The van der Waals surface area contributed by atoms with Gasteiger partial charge in [0.2, 0.25) is 11.8 Å². The number of benzene rings is 2. The van der Waals surface area contributed by atoms with Crippen molar-refractivity contribution in [2.45, 2.75) is 12.3 Å². The van der Waals surface area contributed by atoms with Crippen LogP contribution in [0.1, 0.15) is 23.5 Å². The molecule has 0 radical (unpaired) electrons. The molecule has 1 aliphatic carbocycles. The number of aromatic nitrogens is 1. The van der Waals surface area contributed by atoms with Gasteiger partial charge in [0.15, 0.2) is 0 Å². The number of rotatable bonds is 7. The molecule has 152 valence electrons. The lowest BCUT2D eigenvalue weighted by Crippen LogP contribution is -2.38. The first kappa shape index (κ1) is 19.4. The molecule has 2 aromatic carbocycles. The van der Waals surface area contributed by atoms with E-state index in [9.17, 15) is 9.59 Å². The number of hydrogen-bond donors (Lipinski definition) is 2. The Kier molecular flexibility index (Phi) is 4.83. The predicted octanol–water partition coefficient (Wildman–Crippen LogP) is 2.45. The highest BCUT2D eigenvalue weighted by molar-refractivity contribution is 6.08. The Bertz CT molecular complexity index is 1140. The molecule has 0 spiro atoms. The second-order valence-corrected chi connectivity index (χ2v) is 7.13. The van der Waals surface area contributed by atoms with Crippen molar-refractivity contribution in [1.29, 1.82) is 0 Å². The first-order chi connectivity index (χ1) is 14.5. The average Bonchev–Trinajstić information content (AvgIpc) is 3.50. The summed E-state index contributed by atoms with van der Waals surface area (Å²) < 4.78 is 6.03. The van der Waals surface area contributed by atoms with Crippen molar-refractivity contribution in [1.82, 2.24) is 4.98 Å². The van der Waals surface area contributed by atoms with Crippen LogP contribution in [0, 0.1) is 5.41 Å². The van der Waals surface area contributed by atoms with Crippen LogP contribution in [0.2, 0.25) is 0 Å². The summed E-state index contributed by atoms with van der Waals surface area (Å²) in [5, 5.41) is 4.60. The molecule has 1 aliphatic rings. The van der Waals surface area contributed by atoms with Crippen LogP contribution in [-0.4, -0.2) is 30.1 Å². The fourth-order valence-corrected chi connectivity index (χ4v) is 3.65. The van der Waals surface area contributed by atoms with Gasteiger partial charge in [-0.3, -0.25) is 14.6 Å². The third kappa shape index (κ3) is 3.32. The zero-order valence-electron chi connectivity index (χ0n) is 16.2. The van der Waals surface area contributed by atoms with Gasteiger partial charge >= 0.3 is 0 Å². The zero-order chi connectivity index (χ0) is 21.3. The third-order valence-electron chi connectivity index (χ3n) is 5.38. The molecule has 0 aliphatic heterocycles. The Balaban J connectivity index is 1.56. The number of primary amides is 2. The van der Waals surface area contributed by atoms with E-state index in [-0.39, 0.29) is 5.92 Å². The van der Waals surface area contributed by atoms with Crippen molar-refractivity contribution in [2.75, 3.05) is 7.11 Å². The molecule has 8 nitrogen and oxygen atoms in total. The van der Waals surface area contributed by atoms with Gasteiger partial charge in [0, 0.05) is 17.5 Å². The van der Waals surface area contributed by atoms with Crippen LogP contribution in [0.15, 0.2) is 59.9 Å². The van der Waals surface area contributed by atoms with Crippen molar-refractivity contribution < 1.29 is 19.2 Å². The van der Waals surface area contributed by atoms with E-state index in [0.717, 1.165) is 22.0 Å². The summed E-state index contributed by atoms with van der Waals surface area (Å²) in [5.74, 6) is -0.397. The molecule has 30 heavy (non-hydrogen) atoms. The molecule has 0 bridgehead atoms. The highest BCUT2D eigenvalue weighted by Crippen LogP contribution is 2.59. The van der Waals surface area contributed by atoms with Crippen molar-refractivity contribution in [2.24, 2.45) is 22.0 Å². The van der Waals surface area contributed by atoms with Crippen molar-refractivity contribution >= 4 is 28.9 Å². The molecule has 1 heterocycles. The minimum atomic E-state index is -1.28. The summed E-state index contributed by atoms with van der Waals surface area (Å²) in [6.45, 7) is 0. The first-order valence-electron chi connectivity index (χ1n) is 9.28. The number of pyridine rings is 1. The Hall–Kier alpha value is -3.94. The van der Waals surface area contributed by atoms with Gasteiger partial charge < -0.3 is 21.0 Å². The Labute approximate surface area is 172 Å². The number of nitrogens with zero attached hydrogens (tertiary/aromatic N) is 2. The highest BCUT2D eigenvalue weighted by atomic mass is 16.6. The van der Waals surface area contributed by atoms with E-state index in [1.807, 2.05) is 30.3 Å². The van der Waals surface area contributed by atoms with Gasteiger partial charge in [0.1, 0.15) is 24.0 Å². The summed E-state index contributed by atoms with van der Waals surface area (Å²) in [6.07, 6.45) is 3.60. The van der Waals surface area contributed by atoms with Crippen LogP contribution in [0.3, 0.4) is 0 Å². The van der Waals surface area contributed by atoms with E-state index in [4.69, 9.17) is 21.0 Å². The summed E-state index contributed by atoms with van der Waals surface area (Å²) in [6, 6.07) is 14.7. The topological polar surface area (TPSA) is 130 Å². The second kappa shape index (κ2) is 7.47. The number of hydrogen-bond acceptors (Lipinski definition) is 6. The van der Waals surface area contributed by atoms with Gasteiger partial charge in [-0.1, -0.05) is 23.4 Å². The maximum absolute atomic E-state index is 11.7. The van der Waals surface area contributed by atoms with E-state index in [1.54, 1.807) is 30.6 Å². The first-order valence-corrected chi connectivity index (χ1v) is 9.28. The lowest BCUT2D eigenvalue weighted by Gasteiger charge is -2.11. The molecule has 3 aromatic rings. The van der Waals surface area contributed by atoms with Crippen molar-refractivity contribution in [3.05, 3.63) is 65.9 Å². The molecule has 1 saturated carbocycles. The number of amides is 2. The molecule has 1 aromatic heterocycles. The quantitative estimate of drug-likeness (QED) is 0.355. The molecular formula is C22H20N4O4. The number of fused-ring (bicyclic) bond motifs is 1. The number of carbonyl (C=O) groups is 2. The van der Waals surface area contributed by atoms with Gasteiger partial charge in [-0.15, -0.1) is 0 Å². The molecular weight excluding hydrogens is 384 g/mol. The zero-order valence-corrected chi connectivity index (χ0v) is 16.2. The van der Waals surface area contributed by atoms with Crippen LogP contribution < -0.4 is 16.2 Å². The van der Waals surface area contributed by atoms with Crippen LogP contribution in [0.4, 0.5) is 0 Å². The van der Waals surface area contributed by atoms with E-state index in [1.165, 1.54) is 7.11 Å². The van der Waals surface area contributed by atoms with Gasteiger partial charge in [0.25, 0.3) is 0 Å². The Morgan fingerprint density at radius 1 is 1.13 bits per heavy atom. The molecule has 4 N–H and O–H groups in total.